The van der Waals surface area contributed by atoms with Crippen LogP contribution in [0.25, 0.3) is 0 Å². The smallest absolute Gasteiger partial charge is 0.420 e. The Hall–Kier alpha value is -2.45. The van der Waals surface area contributed by atoms with Crippen LogP contribution in [0.4, 0.5) is 22.0 Å². The van der Waals surface area contributed by atoms with E-state index >= 15 is 0 Å². The lowest BCUT2D eigenvalue weighted by Crippen LogP contribution is -2.16. The molecular formula is C12H7F5N2O2. The first kappa shape index (κ1) is 14.9. The van der Waals surface area contributed by atoms with Crippen LogP contribution in [0, 0.1) is 11.6 Å². The van der Waals surface area contributed by atoms with Crippen LogP contribution in [0.3, 0.4) is 0 Å². The van der Waals surface area contributed by atoms with Gasteiger partial charge in [-0.3, -0.25) is 4.68 Å². The molecule has 21 heavy (non-hydrogen) atoms. The van der Waals surface area contributed by atoms with Crippen molar-refractivity contribution in [1.29, 1.82) is 0 Å². The number of alkyl halides is 3. The van der Waals surface area contributed by atoms with Crippen molar-refractivity contribution in [1.82, 2.24) is 9.78 Å². The minimum atomic E-state index is -4.86. The molecule has 0 amide bonds. The highest BCUT2D eigenvalue weighted by molar-refractivity contribution is 5.92. The van der Waals surface area contributed by atoms with Crippen molar-refractivity contribution in [3.8, 4) is 5.75 Å². The van der Waals surface area contributed by atoms with Gasteiger partial charge in [0.15, 0.2) is 17.3 Å². The minimum Gasteiger partial charge on any atom is -0.420 e. The highest BCUT2D eigenvalue weighted by Crippen LogP contribution is 2.31. The van der Waals surface area contributed by atoms with Crippen LogP contribution in [-0.2, 0) is 13.2 Å². The fraction of sp³-hybridized carbons (Fsp3) is 0.167. The summed E-state index contributed by atoms with van der Waals surface area (Å²) in [5, 5.41) is 3.12. The first-order valence-electron chi connectivity index (χ1n) is 5.46. The van der Waals surface area contributed by atoms with E-state index in [9.17, 15) is 26.7 Å². The molecule has 9 heteroatoms. The van der Waals surface area contributed by atoms with Crippen LogP contribution in [0.5, 0.6) is 5.75 Å². The predicted molar refractivity (Wildman–Crippen MR) is 59.5 cm³/mol. The van der Waals surface area contributed by atoms with Crippen LogP contribution >= 0.6 is 0 Å². The van der Waals surface area contributed by atoms with Crippen LogP contribution in [0.2, 0.25) is 0 Å². The molecule has 0 aliphatic carbocycles. The van der Waals surface area contributed by atoms with Crippen molar-refractivity contribution in [2.24, 2.45) is 7.05 Å². The lowest BCUT2D eigenvalue weighted by molar-refractivity contribution is -0.141. The zero-order valence-corrected chi connectivity index (χ0v) is 10.4. The lowest BCUT2D eigenvalue weighted by atomic mass is 10.2. The van der Waals surface area contributed by atoms with Gasteiger partial charge >= 0.3 is 12.1 Å². The van der Waals surface area contributed by atoms with Gasteiger partial charge in [-0.2, -0.15) is 18.3 Å². The Labute approximate surface area is 114 Å². The van der Waals surface area contributed by atoms with E-state index in [1.807, 2.05) is 0 Å². The van der Waals surface area contributed by atoms with Crippen LogP contribution in [0.15, 0.2) is 24.4 Å². The fourth-order valence-corrected chi connectivity index (χ4v) is 1.56. The van der Waals surface area contributed by atoms with Crippen molar-refractivity contribution in [3.63, 3.8) is 0 Å². The summed E-state index contributed by atoms with van der Waals surface area (Å²) in [5.41, 5.74) is -2.31. The molecule has 4 nitrogen and oxygen atoms in total. The molecule has 112 valence electrons. The van der Waals surface area contributed by atoms with E-state index in [4.69, 9.17) is 0 Å². The second-order valence-electron chi connectivity index (χ2n) is 4.03. The molecular weight excluding hydrogens is 299 g/mol. The van der Waals surface area contributed by atoms with Crippen LogP contribution in [-0.4, -0.2) is 15.7 Å². The number of aromatic nitrogens is 2. The third-order valence-electron chi connectivity index (χ3n) is 2.41. The van der Waals surface area contributed by atoms with Gasteiger partial charge in [0.25, 0.3) is 0 Å². The highest BCUT2D eigenvalue weighted by Gasteiger charge is 2.39. The minimum absolute atomic E-state index is 0.441. The van der Waals surface area contributed by atoms with E-state index in [0.29, 0.717) is 6.07 Å². The molecule has 0 saturated carbocycles. The standard InChI is InChI=1S/C12H7F5N2O2/c1-19-5-7(10(18-19)12(15,16)17)11(20)21-9-3-2-6(13)4-8(9)14/h2-5H,1H3. The summed E-state index contributed by atoms with van der Waals surface area (Å²) in [4.78, 5) is 11.7. The largest absolute Gasteiger partial charge is 0.436 e. The number of hydrogen-bond acceptors (Lipinski definition) is 3. The topological polar surface area (TPSA) is 44.1 Å². The Bertz CT molecular complexity index is 693. The van der Waals surface area contributed by atoms with Gasteiger partial charge in [-0.15, -0.1) is 0 Å². The maximum absolute atomic E-state index is 13.3. The molecule has 0 aliphatic rings. The molecule has 1 heterocycles. The number of nitrogens with zero attached hydrogens (tertiary/aromatic N) is 2. The highest BCUT2D eigenvalue weighted by atomic mass is 19.4. The second kappa shape index (κ2) is 5.15. The maximum Gasteiger partial charge on any atom is 0.436 e. The second-order valence-corrected chi connectivity index (χ2v) is 4.03. The number of benzene rings is 1. The van der Waals surface area contributed by atoms with Gasteiger partial charge < -0.3 is 4.74 Å². The molecule has 1 aromatic heterocycles. The third kappa shape index (κ3) is 3.18. The summed E-state index contributed by atoms with van der Waals surface area (Å²) in [6.45, 7) is 0. The molecule has 0 N–H and O–H groups in total. The first-order chi connectivity index (χ1) is 9.68. The van der Waals surface area contributed by atoms with E-state index in [0.717, 1.165) is 23.0 Å². The summed E-state index contributed by atoms with van der Waals surface area (Å²) in [6.07, 6.45) is -4.07. The number of carbonyl (C=O) groups is 1. The number of halogens is 5. The van der Waals surface area contributed by atoms with Crippen LogP contribution < -0.4 is 4.74 Å². The molecule has 0 bridgehead atoms. The van der Waals surface area contributed by atoms with Gasteiger partial charge in [0.1, 0.15) is 11.4 Å². The van der Waals surface area contributed by atoms with Gasteiger partial charge in [0, 0.05) is 19.3 Å². The normalized spacial score (nSPS) is 11.5. The average Bonchev–Trinajstić information content (AvgIpc) is 2.75. The molecule has 0 atom stereocenters. The number of hydrogen-bond donors (Lipinski definition) is 0. The Morgan fingerprint density at radius 2 is 1.95 bits per heavy atom. The average molecular weight is 306 g/mol. The van der Waals surface area contributed by atoms with Gasteiger partial charge in [0.2, 0.25) is 0 Å². The zero-order chi connectivity index (χ0) is 15.8. The van der Waals surface area contributed by atoms with Crippen LogP contribution in [0.1, 0.15) is 16.1 Å². The summed E-state index contributed by atoms with van der Waals surface area (Å²) in [6, 6.07) is 2.04. The Kier molecular flexibility index (Phi) is 3.67. The maximum atomic E-state index is 13.3. The van der Waals surface area contributed by atoms with E-state index in [-0.39, 0.29) is 0 Å². The summed E-state index contributed by atoms with van der Waals surface area (Å²) in [7, 11) is 1.19. The van der Waals surface area contributed by atoms with E-state index in [1.54, 1.807) is 0 Å². The first-order valence-corrected chi connectivity index (χ1v) is 5.46. The van der Waals surface area contributed by atoms with Crippen molar-refractivity contribution in [3.05, 3.63) is 47.3 Å². The van der Waals surface area contributed by atoms with Gasteiger partial charge in [0.05, 0.1) is 0 Å². The SMILES string of the molecule is Cn1cc(C(=O)Oc2ccc(F)cc2F)c(C(F)(F)F)n1. The summed E-state index contributed by atoms with van der Waals surface area (Å²) in [5.74, 6) is -4.25. The number of carbonyl (C=O) groups excluding carboxylic acids is 1. The number of esters is 1. The molecule has 0 radical (unpaired) electrons. The molecule has 0 spiro atoms. The fourth-order valence-electron chi connectivity index (χ4n) is 1.56. The molecule has 0 saturated heterocycles. The van der Waals surface area contributed by atoms with Gasteiger partial charge in [-0.05, 0) is 12.1 Å². The predicted octanol–water partition coefficient (Wildman–Crippen LogP) is 2.94. The van der Waals surface area contributed by atoms with Crippen molar-refractivity contribution in [2.75, 3.05) is 0 Å². The summed E-state index contributed by atoms with van der Waals surface area (Å²) >= 11 is 0. The Morgan fingerprint density at radius 1 is 1.29 bits per heavy atom. The lowest BCUT2D eigenvalue weighted by Gasteiger charge is -2.07. The molecule has 1 aromatic carbocycles. The monoisotopic (exact) mass is 306 g/mol. The third-order valence-corrected chi connectivity index (χ3v) is 2.41. The van der Waals surface area contributed by atoms with Gasteiger partial charge in [-0.25, -0.2) is 13.6 Å². The van der Waals surface area contributed by atoms with Gasteiger partial charge in [-0.1, -0.05) is 0 Å². The Morgan fingerprint density at radius 3 is 2.52 bits per heavy atom. The quantitative estimate of drug-likeness (QED) is 0.487. The van der Waals surface area contributed by atoms with E-state index < -0.39 is 40.8 Å². The van der Waals surface area contributed by atoms with Crippen molar-refractivity contribution < 1.29 is 31.5 Å². The molecule has 0 aliphatic heterocycles. The molecule has 0 unspecified atom stereocenters. The van der Waals surface area contributed by atoms with Crippen molar-refractivity contribution >= 4 is 5.97 Å². The summed E-state index contributed by atoms with van der Waals surface area (Å²) < 4.78 is 69.3. The molecule has 2 rings (SSSR count). The van der Waals surface area contributed by atoms with E-state index in [2.05, 4.69) is 9.84 Å². The number of rotatable bonds is 2. The van der Waals surface area contributed by atoms with E-state index in [1.165, 1.54) is 7.05 Å². The zero-order valence-electron chi connectivity index (χ0n) is 10.4. The number of ether oxygens (including phenoxy) is 1. The molecule has 0 fully saturated rings. The molecule has 2 aromatic rings. The van der Waals surface area contributed by atoms with Crippen molar-refractivity contribution in [2.45, 2.75) is 6.18 Å². The number of aryl methyl sites for hydroxylation is 1. The Balaban J connectivity index is 2.33.